The van der Waals surface area contributed by atoms with Crippen molar-refractivity contribution in [2.24, 2.45) is 0 Å². The number of amides is 1. The van der Waals surface area contributed by atoms with Gasteiger partial charge in [0.1, 0.15) is 5.60 Å². The Morgan fingerprint density at radius 3 is 2.17 bits per heavy atom. The van der Waals surface area contributed by atoms with Gasteiger partial charge in [-0.2, -0.15) is 0 Å². The zero-order valence-electron chi connectivity index (χ0n) is 19.4. The highest BCUT2D eigenvalue weighted by Gasteiger charge is 2.41. The molecular formula is C21H39N3O4Si. The lowest BCUT2D eigenvalue weighted by atomic mass is 9.73. The van der Waals surface area contributed by atoms with Gasteiger partial charge in [-0.15, -0.1) is 0 Å². The molecule has 7 nitrogen and oxygen atoms in total. The molecule has 0 aromatic carbocycles. The first-order valence-corrected chi connectivity index (χ1v) is 13.5. The predicted molar refractivity (Wildman–Crippen MR) is 118 cm³/mol. The molecule has 0 bridgehead atoms. The lowest BCUT2D eigenvalue weighted by Crippen LogP contribution is -2.48. The highest BCUT2D eigenvalue weighted by molar-refractivity contribution is 6.74. The molecule has 2 heterocycles. The molecule has 1 aliphatic heterocycles. The van der Waals surface area contributed by atoms with E-state index >= 15 is 0 Å². The van der Waals surface area contributed by atoms with Gasteiger partial charge in [0.25, 0.3) is 5.56 Å². The van der Waals surface area contributed by atoms with Crippen LogP contribution in [0.3, 0.4) is 0 Å². The summed E-state index contributed by atoms with van der Waals surface area (Å²) in [6.07, 6.45) is 2.07. The van der Waals surface area contributed by atoms with Crippen LogP contribution in [-0.2, 0) is 14.6 Å². The normalized spacial score (nSPS) is 18.0. The molecule has 0 unspecified atom stereocenters. The highest BCUT2D eigenvalue weighted by atomic mass is 28.4. The van der Waals surface area contributed by atoms with Crippen molar-refractivity contribution >= 4 is 14.4 Å². The van der Waals surface area contributed by atoms with Crippen LogP contribution in [0.4, 0.5) is 4.79 Å². The Labute approximate surface area is 175 Å². The molecule has 0 radical (unpaired) electrons. The summed E-state index contributed by atoms with van der Waals surface area (Å²) in [7, 11) is -1.84. The Balaban J connectivity index is 2.10. The van der Waals surface area contributed by atoms with E-state index in [-0.39, 0.29) is 22.1 Å². The van der Waals surface area contributed by atoms with E-state index in [9.17, 15) is 9.59 Å². The number of ether oxygens (including phenoxy) is 1. The van der Waals surface area contributed by atoms with Crippen molar-refractivity contribution in [3.63, 3.8) is 0 Å². The lowest BCUT2D eigenvalue weighted by Gasteiger charge is -2.42. The average Bonchev–Trinajstić information content (AvgIpc) is 2.99. The Morgan fingerprint density at radius 1 is 1.14 bits per heavy atom. The van der Waals surface area contributed by atoms with E-state index in [1.165, 1.54) is 0 Å². The van der Waals surface area contributed by atoms with Gasteiger partial charge in [0.2, 0.25) is 0 Å². The van der Waals surface area contributed by atoms with E-state index in [2.05, 4.69) is 44.1 Å². The smallest absolute Gasteiger partial charge is 0.410 e. The number of H-pyrrole nitrogens is 2. The van der Waals surface area contributed by atoms with Crippen LogP contribution < -0.4 is 5.56 Å². The Morgan fingerprint density at radius 2 is 1.72 bits per heavy atom. The molecule has 0 saturated carbocycles. The largest absolute Gasteiger partial charge is 0.444 e. The maximum absolute atomic E-state index is 12.4. The number of carbonyl (C=O) groups is 1. The number of hydrogen-bond acceptors (Lipinski definition) is 4. The third-order valence-electron chi connectivity index (χ3n) is 6.39. The summed E-state index contributed by atoms with van der Waals surface area (Å²) in [5, 5.41) is 5.88. The summed E-state index contributed by atoms with van der Waals surface area (Å²) >= 11 is 0. The fourth-order valence-corrected chi connectivity index (χ4v) is 4.48. The van der Waals surface area contributed by atoms with Gasteiger partial charge in [-0.3, -0.25) is 9.89 Å². The van der Waals surface area contributed by atoms with Crippen molar-refractivity contribution in [3.05, 3.63) is 22.1 Å². The molecule has 0 spiro atoms. The van der Waals surface area contributed by atoms with Gasteiger partial charge >= 0.3 is 6.09 Å². The van der Waals surface area contributed by atoms with Gasteiger partial charge in [0.05, 0.1) is 0 Å². The Kier molecular flexibility index (Phi) is 6.79. The lowest BCUT2D eigenvalue weighted by molar-refractivity contribution is 0.0148. The maximum Gasteiger partial charge on any atom is 0.410 e. The Bertz CT molecular complexity index is 747. The number of carbonyl (C=O) groups excluding carboxylic acids is 1. The average molecular weight is 426 g/mol. The van der Waals surface area contributed by atoms with Crippen molar-refractivity contribution in [3.8, 4) is 0 Å². The molecule has 29 heavy (non-hydrogen) atoms. The van der Waals surface area contributed by atoms with Gasteiger partial charge in [-0.1, -0.05) is 20.8 Å². The second-order valence-electron chi connectivity index (χ2n) is 10.8. The van der Waals surface area contributed by atoms with Gasteiger partial charge < -0.3 is 19.2 Å². The van der Waals surface area contributed by atoms with E-state index < -0.39 is 13.9 Å². The molecule has 2 N–H and O–H groups in total. The number of nitrogens with zero attached hydrogens (tertiary/aromatic N) is 1. The number of piperidine rings is 1. The van der Waals surface area contributed by atoms with Crippen LogP contribution in [0.15, 0.2) is 10.9 Å². The van der Waals surface area contributed by atoms with Gasteiger partial charge in [-0.05, 0) is 58.2 Å². The second kappa shape index (κ2) is 8.30. The zero-order valence-corrected chi connectivity index (χ0v) is 20.4. The van der Waals surface area contributed by atoms with Crippen molar-refractivity contribution in [2.75, 3.05) is 19.7 Å². The van der Waals surface area contributed by atoms with Crippen molar-refractivity contribution in [2.45, 2.75) is 90.0 Å². The van der Waals surface area contributed by atoms with Crippen LogP contribution in [0.5, 0.6) is 0 Å². The molecule has 1 aliphatic rings. The van der Waals surface area contributed by atoms with Crippen LogP contribution >= 0.6 is 0 Å². The molecule has 0 aliphatic carbocycles. The van der Waals surface area contributed by atoms with E-state index in [1.807, 2.05) is 20.8 Å². The number of rotatable bonds is 5. The van der Waals surface area contributed by atoms with E-state index in [1.54, 1.807) is 11.0 Å². The molecule has 1 aromatic heterocycles. The number of aromatic nitrogens is 2. The predicted octanol–water partition coefficient (Wildman–Crippen LogP) is 4.38. The molecule has 1 saturated heterocycles. The van der Waals surface area contributed by atoms with Crippen LogP contribution in [0.2, 0.25) is 18.1 Å². The van der Waals surface area contributed by atoms with Crippen molar-refractivity contribution < 1.29 is 14.0 Å². The molecule has 166 valence electrons. The summed E-state index contributed by atoms with van der Waals surface area (Å²) in [4.78, 5) is 26.0. The molecule has 2 rings (SSSR count). The van der Waals surface area contributed by atoms with Crippen LogP contribution in [0.1, 0.15) is 66.5 Å². The van der Waals surface area contributed by atoms with Crippen LogP contribution in [0, 0.1) is 0 Å². The molecule has 8 heteroatoms. The summed E-state index contributed by atoms with van der Waals surface area (Å²) in [5.41, 5.74) is 0.0681. The fraction of sp³-hybridized carbons (Fsp3) is 0.810. The van der Waals surface area contributed by atoms with E-state index in [0.29, 0.717) is 19.7 Å². The third-order valence-corrected chi connectivity index (χ3v) is 10.9. The second-order valence-corrected chi connectivity index (χ2v) is 15.6. The van der Waals surface area contributed by atoms with Crippen LogP contribution in [-0.4, -0.2) is 54.8 Å². The van der Waals surface area contributed by atoms with Gasteiger partial charge in [0.15, 0.2) is 8.32 Å². The first kappa shape index (κ1) is 23.7. The van der Waals surface area contributed by atoms with E-state index in [4.69, 9.17) is 9.16 Å². The summed E-state index contributed by atoms with van der Waals surface area (Å²) in [5.74, 6) is 0. The molecular weight excluding hydrogens is 386 g/mol. The number of aromatic amines is 2. The molecule has 1 fully saturated rings. The third kappa shape index (κ3) is 5.98. The van der Waals surface area contributed by atoms with Gasteiger partial charge in [0, 0.05) is 36.9 Å². The monoisotopic (exact) mass is 425 g/mol. The number of hydrogen-bond donors (Lipinski definition) is 2. The van der Waals surface area contributed by atoms with Crippen molar-refractivity contribution in [1.29, 1.82) is 0 Å². The molecule has 1 aromatic rings. The zero-order chi connectivity index (χ0) is 22.1. The van der Waals surface area contributed by atoms with E-state index in [0.717, 1.165) is 25.0 Å². The molecule has 0 atom stereocenters. The van der Waals surface area contributed by atoms with Gasteiger partial charge in [-0.25, -0.2) is 4.79 Å². The number of nitrogens with one attached hydrogen (secondary N) is 2. The maximum atomic E-state index is 12.4. The minimum atomic E-state index is -1.84. The topological polar surface area (TPSA) is 87.4 Å². The summed E-state index contributed by atoms with van der Waals surface area (Å²) < 4.78 is 11.9. The Hall–Kier alpha value is -1.54. The summed E-state index contributed by atoms with van der Waals surface area (Å²) in [6.45, 7) is 18.7. The quantitative estimate of drug-likeness (QED) is 0.685. The standard InChI is InChI=1S/C21H39N3O4Si/c1-19(2,3)28-18(26)24-12-9-21(10-13-24,16-15-17(25)23-22-16)11-14-27-29(7,8)20(4,5)6/h15H,9-14H2,1-8H3,(H2,22,23,25). The minimum absolute atomic E-state index is 0.126. The first-order chi connectivity index (χ1) is 13.2. The number of likely N-dealkylation sites (tertiary alicyclic amines) is 1. The summed E-state index contributed by atoms with van der Waals surface area (Å²) in [6, 6.07) is 1.65. The SMILES string of the molecule is CC(C)(C)OC(=O)N1CCC(CCO[Si](C)(C)C(C)(C)C)(c2cc(=O)[nH][nH]2)CC1. The fourth-order valence-electron chi connectivity index (χ4n) is 3.43. The first-order valence-electron chi connectivity index (χ1n) is 10.6. The van der Waals surface area contributed by atoms with Crippen LogP contribution in [0.25, 0.3) is 0 Å². The molecule has 1 amide bonds. The van der Waals surface area contributed by atoms with Crippen molar-refractivity contribution in [1.82, 2.24) is 15.1 Å². The highest BCUT2D eigenvalue weighted by Crippen LogP contribution is 2.40. The minimum Gasteiger partial charge on any atom is -0.444 e.